The van der Waals surface area contributed by atoms with Crippen molar-refractivity contribution >= 4 is 86.3 Å². The summed E-state index contributed by atoms with van der Waals surface area (Å²) in [7, 11) is 4.14. The van der Waals surface area contributed by atoms with Crippen molar-refractivity contribution in [1.29, 1.82) is 0 Å². The number of anilines is 3. The third-order valence-corrected chi connectivity index (χ3v) is 13.1. The second kappa shape index (κ2) is 14.8. The van der Waals surface area contributed by atoms with E-state index in [2.05, 4.69) is 5.43 Å². The summed E-state index contributed by atoms with van der Waals surface area (Å²) in [6, 6.07) is 16.6. The Morgan fingerprint density at radius 3 is 2.15 bits per heavy atom. The van der Waals surface area contributed by atoms with Gasteiger partial charge in [0.2, 0.25) is 11.8 Å². The molecule has 16 nitrogen and oxygen atoms in total. The first-order valence-electron chi connectivity index (χ1n) is 18.5. The van der Waals surface area contributed by atoms with Gasteiger partial charge in [-0.2, -0.15) is 5.01 Å². The lowest BCUT2D eigenvalue weighted by Crippen LogP contribution is -2.53. The Morgan fingerprint density at radius 2 is 1.57 bits per heavy atom. The van der Waals surface area contributed by atoms with Gasteiger partial charge in [0.05, 0.1) is 55.1 Å². The van der Waals surface area contributed by atoms with Crippen LogP contribution in [-0.4, -0.2) is 64.8 Å². The summed E-state index contributed by atoms with van der Waals surface area (Å²) in [6.07, 6.45) is 1.62. The fourth-order valence-electron chi connectivity index (χ4n) is 9.66. The van der Waals surface area contributed by atoms with E-state index in [1.165, 1.54) is 38.2 Å². The molecule has 3 fully saturated rings. The normalized spacial score (nSPS) is 24.4. The number of nitro groups is 2. The summed E-state index contributed by atoms with van der Waals surface area (Å²) in [5.41, 5.74) is 0.687. The summed E-state index contributed by atoms with van der Waals surface area (Å²) in [4.78, 5) is 84.4. The minimum atomic E-state index is -1.73. The number of phenols is 1. The second-order valence-corrected chi connectivity index (χ2v) is 16.8. The number of carbonyl (C=O) groups is 4. The van der Waals surface area contributed by atoms with Gasteiger partial charge in [0.15, 0.2) is 17.2 Å². The Balaban J connectivity index is 1.33. The van der Waals surface area contributed by atoms with Crippen molar-refractivity contribution in [3.05, 3.63) is 130 Å². The molecule has 0 bridgehead atoms. The standard InChI is InChI=1S/C41H33ClFIN6O10/c1-46(2)35-30(49(56)57)16-24(17-31(35)50(58)59)47-37(52)26-13-12-25-27(33(26)39(47)54)18-28-38(53)48(45-23-10-8-22(43)9-11-23)40(55)41(28,20-4-6-21(42)7-5-20)34(25)19-14-29(44)36(51)32(15-19)60-3/h4-12,14-17,26-28,33-34,45,51H,13,18H2,1-3H3. The van der Waals surface area contributed by atoms with Gasteiger partial charge in [-0.25, -0.2) is 9.29 Å². The lowest BCUT2D eigenvalue weighted by atomic mass is 9.49. The zero-order valence-corrected chi connectivity index (χ0v) is 34.7. The molecule has 8 rings (SSSR count). The molecule has 4 aromatic carbocycles. The van der Waals surface area contributed by atoms with E-state index in [1.54, 1.807) is 42.5 Å². The van der Waals surface area contributed by atoms with E-state index in [-0.39, 0.29) is 41.4 Å². The summed E-state index contributed by atoms with van der Waals surface area (Å²) in [6.45, 7) is 0. The maximum absolute atomic E-state index is 15.4. The predicted molar refractivity (Wildman–Crippen MR) is 223 cm³/mol. The SMILES string of the molecule is COc1cc(C2C3=CCC4C(=O)N(c5cc([N+](=O)[O-])c(N(C)C)c([N+](=O)[O-])c5)C(=O)C4C3CC3C(=O)N(Nc4ccc(F)cc4)C(=O)C32c2ccc(Cl)cc2)cc(I)c1O. The van der Waals surface area contributed by atoms with Crippen LogP contribution in [0.1, 0.15) is 29.9 Å². The highest BCUT2D eigenvalue weighted by atomic mass is 127. The Labute approximate surface area is 358 Å². The lowest BCUT2D eigenvalue weighted by molar-refractivity contribution is -0.392. The highest BCUT2D eigenvalue weighted by Crippen LogP contribution is 2.65. The Bertz CT molecular complexity index is 2560. The van der Waals surface area contributed by atoms with Gasteiger partial charge in [-0.05, 0) is 101 Å². The number of carbonyl (C=O) groups excluding carboxylic acids is 4. The maximum Gasteiger partial charge on any atom is 0.301 e. The molecule has 6 atom stereocenters. The summed E-state index contributed by atoms with van der Waals surface area (Å²) < 4.78 is 19.9. The van der Waals surface area contributed by atoms with Crippen LogP contribution in [-0.2, 0) is 24.6 Å². The van der Waals surface area contributed by atoms with Crippen LogP contribution in [0.2, 0.25) is 5.02 Å². The van der Waals surface area contributed by atoms with Gasteiger partial charge in [-0.3, -0.25) is 44.8 Å². The van der Waals surface area contributed by atoms with Crippen LogP contribution in [0.25, 0.3) is 0 Å². The zero-order chi connectivity index (χ0) is 43.1. The molecule has 2 aliphatic carbocycles. The van der Waals surface area contributed by atoms with Gasteiger partial charge in [0.25, 0.3) is 11.8 Å². The van der Waals surface area contributed by atoms with Crippen molar-refractivity contribution < 1.29 is 43.3 Å². The van der Waals surface area contributed by atoms with Gasteiger partial charge in [0, 0.05) is 37.2 Å². The van der Waals surface area contributed by atoms with Crippen molar-refractivity contribution in [3.8, 4) is 11.5 Å². The van der Waals surface area contributed by atoms with Crippen molar-refractivity contribution in [2.24, 2.45) is 23.7 Å². The summed E-state index contributed by atoms with van der Waals surface area (Å²) in [5.74, 6) is -8.84. The summed E-state index contributed by atoms with van der Waals surface area (Å²) >= 11 is 8.29. The van der Waals surface area contributed by atoms with Crippen LogP contribution in [0.15, 0.2) is 84.4 Å². The zero-order valence-electron chi connectivity index (χ0n) is 31.8. The third kappa shape index (κ3) is 6.05. The van der Waals surface area contributed by atoms with E-state index in [4.69, 9.17) is 16.3 Å². The van der Waals surface area contributed by atoms with Gasteiger partial charge in [0.1, 0.15) is 5.82 Å². The topological polar surface area (TPSA) is 206 Å². The first-order valence-corrected chi connectivity index (χ1v) is 19.9. The number of ether oxygens (including phenoxy) is 1. The molecule has 2 N–H and O–H groups in total. The molecule has 0 spiro atoms. The molecule has 4 aromatic rings. The molecule has 19 heteroatoms. The molecule has 4 amide bonds. The molecule has 2 aliphatic heterocycles. The highest BCUT2D eigenvalue weighted by molar-refractivity contribution is 14.1. The smallest absolute Gasteiger partial charge is 0.301 e. The van der Waals surface area contributed by atoms with Crippen LogP contribution >= 0.6 is 34.2 Å². The van der Waals surface area contributed by atoms with Gasteiger partial charge >= 0.3 is 11.4 Å². The molecule has 2 saturated heterocycles. The number of allylic oxidation sites excluding steroid dienone is 2. The molecule has 0 aromatic heterocycles. The number of phenolic OH excluding ortho intramolecular Hbond substituents is 1. The molecular formula is C41H33ClFIN6O10. The number of rotatable bonds is 9. The number of aromatic hydroxyl groups is 1. The predicted octanol–water partition coefficient (Wildman–Crippen LogP) is 6.87. The first kappa shape index (κ1) is 40.6. The molecule has 4 aliphatic rings. The van der Waals surface area contributed by atoms with Crippen molar-refractivity contribution in [2.75, 3.05) is 36.4 Å². The van der Waals surface area contributed by atoms with Crippen LogP contribution in [0.5, 0.6) is 11.5 Å². The summed E-state index contributed by atoms with van der Waals surface area (Å²) in [5, 5.41) is 36.7. The number of fused-ring (bicyclic) bond motifs is 4. The van der Waals surface area contributed by atoms with E-state index >= 15 is 4.79 Å². The highest BCUT2D eigenvalue weighted by Gasteiger charge is 2.70. The van der Waals surface area contributed by atoms with Crippen LogP contribution < -0.4 is 20.0 Å². The maximum atomic E-state index is 15.4. The fraction of sp³-hybridized carbons (Fsp3) is 0.268. The molecule has 308 valence electrons. The number of hydrazine groups is 1. The van der Waals surface area contributed by atoms with Crippen LogP contribution in [0.4, 0.5) is 32.8 Å². The number of benzene rings is 4. The third-order valence-electron chi connectivity index (χ3n) is 12.0. The van der Waals surface area contributed by atoms with Crippen LogP contribution in [0.3, 0.4) is 0 Å². The van der Waals surface area contributed by atoms with Gasteiger partial charge < -0.3 is 14.7 Å². The van der Waals surface area contributed by atoms with E-state index in [0.29, 0.717) is 25.3 Å². The second-order valence-electron chi connectivity index (χ2n) is 15.2. The molecular weight excluding hydrogens is 918 g/mol. The first-order chi connectivity index (χ1) is 28.5. The van der Waals surface area contributed by atoms with E-state index in [0.717, 1.165) is 34.2 Å². The Morgan fingerprint density at radius 1 is 0.933 bits per heavy atom. The van der Waals surface area contributed by atoms with Crippen LogP contribution in [0, 0.1) is 53.3 Å². The fourth-order valence-corrected chi connectivity index (χ4v) is 10.4. The van der Waals surface area contributed by atoms with Gasteiger partial charge in [-0.15, -0.1) is 0 Å². The monoisotopic (exact) mass is 950 g/mol. The number of halogens is 3. The number of amides is 4. The molecule has 1 saturated carbocycles. The number of hydrogen-bond donors (Lipinski definition) is 2. The number of hydrogen-bond acceptors (Lipinski definition) is 12. The largest absolute Gasteiger partial charge is 0.504 e. The average Bonchev–Trinajstić information content (AvgIpc) is 3.59. The van der Waals surface area contributed by atoms with E-state index < -0.39 is 85.7 Å². The lowest BCUT2D eigenvalue weighted by Gasteiger charge is -2.50. The average molecular weight is 951 g/mol. The number of nitrogens with one attached hydrogen (secondary N) is 1. The number of nitro benzene ring substituents is 2. The number of nitrogens with zero attached hydrogens (tertiary/aromatic N) is 5. The molecule has 60 heavy (non-hydrogen) atoms. The van der Waals surface area contributed by atoms with E-state index in [9.17, 15) is 44.1 Å². The number of methoxy groups -OCH3 is 1. The Hall–Kier alpha value is -6.15. The van der Waals surface area contributed by atoms with Crippen molar-refractivity contribution in [3.63, 3.8) is 0 Å². The minimum absolute atomic E-state index is 0.0264. The molecule has 2 heterocycles. The van der Waals surface area contributed by atoms with Gasteiger partial charge in [-0.1, -0.05) is 35.4 Å². The Kier molecular flexibility index (Phi) is 10.0. The molecule has 0 radical (unpaired) electrons. The minimum Gasteiger partial charge on any atom is -0.504 e. The molecule has 6 unspecified atom stereocenters. The number of imide groups is 2. The van der Waals surface area contributed by atoms with Crippen molar-refractivity contribution in [2.45, 2.75) is 24.2 Å². The quantitative estimate of drug-likeness (QED) is 0.0580. The van der Waals surface area contributed by atoms with E-state index in [1.807, 2.05) is 22.6 Å². The van der Waals surface area contributed by atoms with Crippen molar-refractivity contribution in [1.82, 2.24) is 5.01 Å².